The lowest BCUT2D eigenvalue weighted by atomic mass is 10.0. The summed E-state index contributed by atoms with van der Waals surface area (Å²) in [6.45, 7) is 4.08. The van der Waals surface area contributed by atoms with Crippen molar-refractivity contribution in [2.45, 2.75) is 20.3 Å². The van der Waals surface area contributed by atoms with Gasteiger partial charge in [0, 0.05) is 6.42 Å². The Morgan fingerprint density at radius 3 is 2.50 bits per heavy atom. The number of nitrogens with two attached hydrogens (primary N) is 1. The predicted octanol–water partition coefficient (Wildman–Crippen LogP) is 4.05. The number of hydrogen-bond acceptors (Lipinski definition) is 4. The number of nitrogen functional groups attached to an aromatic ring is 1. The second-order valence-electron chi connectivity index (χ2n) is 4.76. The molecular formula is C16H16N2O2. The van der Waals surface area contributed by atoms with Crippen molar-refractivity contribution in [1.29, 1.82) is 0 Å². The summed E-state index contributed by atoms with van der Waals surface area (Å²) >= 11 is 0. The summed E-state index contributed by atoms with van der Waals surface area (Å²) in [6, 6.07) is 11.9. The van der Waals surface area contributed by atoms with E-state index in [4.69, 9.17) is 14.7 Å². The fourth-order valence-corrected chi connectivity index (χ4v) is 2.16. The van der Waals surface area contributed by atoms with E-state index in [2.05, 4.69) is 5.16 Å². The summed E-state index contributed by atoms with van der Waals surface area (Å²) in [5, 5.41) is 3.87. The first-order valence-electron chi connectivity index (χ1n) is 6.60. The van der Waals surface area contributed by atoms with Gasteiger partial charge in [-0.05, 0) is 24.6 Å². The average Bonchev–Trinajstić information content (AvgIpc) is 3.06. The maximum atomic E-state index is 5.94. The minimum atomic E-state index is 0.373. The fraction of sp³-hybridized carbons (Fsp3) is 0.188. The van der Waals surface area contributed by atoms with Gasteiger partial charge in [0.15, 0.2) is 11.6 Å². The van der Waals surface area contributed by atoms with Gasteiger partial charge < -0.3 is 14.7 Å². The van der Waals surface area contributed by atoms with Gasteiger partial charge in [0.05, 0.1) is 5.56 Å². The van der Waals surface area contributed by atoms with Crippen LogP contribution in [0.1, 0.15) is 18.2 Å². The van der Waals surface area contributed by atoms with Gasteiger partial charge in [0.2, 0.25) is 5.76 Å². The maximum absolute atomic E-state index is 5.94. The van der Waals surface area contributed by atoms with Gasteiger partial charge in [-0.2, -0.15) is 0 Å². The third-order valence-corrected chi connectivity index (χ3v) is 3.29. The van der Waals surface area contributed by atoms with E-state index in [9.17, 15) is 0 Å². The van der Waals surface area contributed by atoms with Crippen LogP contribution in [-0.4, -0.2) is 5.16 Å². The van der Waals surface area contributed by atoms with E-state index >= 15 is 0 Å². The van der Waals surface area contributed by atoms with Gasteiger partial charge in [0.1, 0.15) is 5.76 Å². The zero-order valence-corrected chi connectivity index (χ0v) is 11.5. The van der Waals surface area contributed by atoms with Gasteiger partial charge in [0.25, 0.3) is 0 Å². The van der Waals surface area contributed by atoms with Crippen LogP contribution in [0, 0.1) is 6.92 Å². The van der Waals surface area contributed by atoms with Crippen LogP contribution in [0.25, 0.3) is 22.6 Å². The molecule has 0 radical (unpaired) electrons. The number of furan rings is 1. The Labute approximate surface area is 117 Å². The molecular weight excluding hydrogens is 252 g/mol. The minimum Gasteiger partial charge on any atom is -0.458 e. The molecule has 0 spiro atoms. The molecule has 4 nitrogen and oxygen atoms in total. The van der Waals surface area contributed by atoms with Crippen LogP contribution < -0.4 is 5.73 Å². The highest BCUT2D eigenvalue weighted by atomic mass is 16.5. The number of rotatable bonds is 3. The normalized spacial score (nSPS) is 10.9. The van der Waals surface area contributed by atoms with Crippen molar-refractivity contribution in [3.05, 3.63) is 47.7 Å². The number of anilines is 1. The van der Waals surface area contributed by atoms with Crippen molar-refractivity contribution in [2.75, 3.05) is 5.73 Å². The highest BCUT2D eigenvalue weighted by Gasteiger charge is 2.20. The fourth-order valence-electron chi connectivity index (χ4n) is 2.16. The molecule has 3 aromatic rings. The predicted molar refractivity (Wildman–Crippen MR) is 78.2 cm³/mol. The molecule has 0 bridgehead atoms. The Kier molecular flexibility index (Phi) is 3.06. The van der Waals surface area contributed by atoms with Crippen molar-refractivity contribution in [3.63, 3.8) is 0 Å². The third kappa shape index (κ3) is 2.09. The lowest BCUT2D eigenvalue weighted by molar-refractivity contribution is 0.417. The molecule has 3 rings (SSSR count). The first-order valence-corrected chi connectivity index (χ1v) is 6.60. The molecule has 2 N–H and O–H groups in total. The van der Waals surface area contributed by atoms with E-state index in [1.165, 1.54) is 5.56 Å². The molecule has 0 unspecified atom stereocenters. The first kappa shape index (κ1) is 12.5. The average molecular weight is 268 g/mol. The summed E-state index contributed by atoms with van der Waals surface area (Å²) in [4.78, 5) is 0. The second-order valence-corrected chi connectivity index (χ2v) is 4.76. The van der Waals surface area contributed by atoms with E-state index in [0.717, 1.165) is 23.3 Å². The minimum absolute atomic E-state index is 0.373. The van der Waals surface area contributed by atoms with Crippen molar-refractivity contribution >= 4 is 5.82 Å². The third-order valence-electron chi connectivity index (χ3n) is 3.29. The molecule has 0 saturated carbocycles. The SMILES string of the molecule is CCc1ccc(-c2onc(N)c2-c2ccc(C)cc2)o1. The zero-order valence-electron chi connectivity index (χ0n) is 11.5. The van der Waals surface area contributed by atoms with Crippen molar-refractivity contribution in [3.8, 4) is 22.6 Å². The molecule has 102 valence electrons. The summed E-state index contributed by atoms with van der Waals surface area (Å²) < 4.78 is 11.1. The monoisotopic (exact) mass is 268 g/mol. The van der Waals surface area contributed by atoms with Gasteiger partial charge in [-0.1, -0.05) is 41.9 Å². The quantitative estimate of drug-likeness (QED) is 0.778. The Hall–Kier alpha value is -2.49. The maximum Gasteiger partial charge on any atom is 0.212 e. The zero-order chi connectivity index (χ0) is 14.1. The molecule has 0 amide bonds. The van der Waals surface area contributed by atoms with Crippen LogP contribution in [-0.2, 0) is 6.42 Å². The summed E-state index contributed by atoms with van der Waals surface area (Å²) in [5.74, 6) is 2.51. The standard InChI is InChI=1S/C16H16N2O2/c1-3-12-8-9-13(19-12)15-14(16(17)18-20-15)11-6-4-10(2)5-7-11/h4-9H,3H2,1-2H3,(H2,17,18). The molecule has 20 heavy (non-hydrogen) atoms. The number of hydrogen-bond donors (Lipinski definition) is 1. The first-order chi connectivity index (χ1) is 9.69. The van der Waals surface area contributed by atoms with Gasteiger partial charge in [-0.3, -0.25) is 0 Å². The molecule has 0 saturated heterocycles. The summed E-state index contributed by atoms with van der Waals surface area (Å²) in [5.41, 5.74) is 8.88. The van der Waals surface area contributed by atoms with Crippen LogP contribution in [0.4, 0.5) is 5.82 Å². The Morgan fingerprint density at radius 1 is 1.10 bits per heavy atom. The molecule has 1 aromatic carbocycles. The lowest BCUT2D eigenvalue weighted by Gasteiger charge is -2.01. The van der Waals surface area contributed by atoms with E-state index in [0.29, 0.717) is 17.3 Å². The summed E-state index contributed by atoms with van der Waals surface area (Å²) in [7, 11) is 0. The molecule has 0 fully saturated rings. The smallest absolute Gasteiger partial charge is 0.212 e. The van der Waals surface area contributed by atoms with E-state index in [1.54, 1.807) is 0 Å². The highest BCUT2D eigenvalue weighted by molar-refractivity contribution is 5.85. The Balaban J connectivity index is 2.11. The molecule has 0 aliphatic carbocycles. The Bertz CT molecular complexity index is 723. The van der Waals surface area contributed by atoms with E-state index in [1.807, 2.05) is 50.2 Å². The van der Waals surface area contributed by atoms with Crippen LogP contribution in [0.2, 0.25) is 0 Å². The molecule has 2 heterocycles. The molecule has 0 aliphatic heterocycles. The topological polar surface area (TPSA) is 65.2 Å². The molecule has 4 heteroatoms. The number of benzene rings is 1. The van der Waals surface area contributed by atoms with Gasteiger partial charge in [-0.15, -0.1) is 0 Å². The Morgan fingerprint density at radius 2 is 1.85 bits per heavy atom. The van der Waals surface area contributed by atoms with Crippen LogP contribution >= 0.6 is 0 Å². The van der Waals surface area contributed by atoms with Crippen molar-refractivity contribution in [2.24, 2.45) is 0 Å². The number of nitrogens with zero attached hydrogens (tertiary/aromatic N) is 1. The largest absolute Gasteiger partial charge is 0.458 e. The van der Waals surface area contributed by atoms with Gasteiger partial charge in [-0.25, -0.2) is 0 Å². The van der Waals surface area contributed by atoms with Gasteiger partial charge >= 0.3 is 0 Å². The lowest BCUT2D eigenvalue weighted by Crippen LogP contribution is -1.88. The van der Waals surface area contributed by atoms with Crippen molar-refractivity contribution in [1.82, 2.24) is 5.16 Å². The highest BCUT2D eigenvalue weighted by Crippen LogP contribution is 2.37. The molecule has 2 aromatic heterocycles. The van der Waals surface area contributed by atoms with E-state index < -0.39 is 0 Å². The van der Waals surface area contributed by atoms with Crippen LogP contribution in [0.5, 0.6) is 0 Å². The van der Waals surface area contributed by atoms with Crippen LogP contribution in [0.15, 0.2) is 45.3 Å². The van der Waals surface area contributed by atoms with Crippen molar-refractivity contribution < 1.29 is 8.94 Å². The van der Waals surface area contributed by atoms with E-state index in [-0.39, 0.29) is 0 Å². The summed E-state index contributed by atoms with van der Waals surface area (Å²) in [6.07, 6.45) is 0.837. The molecule has 0 atom stereocenters. The number of aryl methyl sites for hydroxylation is 2. The molecule has 0 aliphatic rings. The number of aromatic nitrogens is 1. The van der Waals surface area contributed by atoms with Crippen LogP contribution in [0.3, 0.4) is 0 Å². The second kappa shape index (κ2) is 4.89.